The molecule has 0 unspecified atom stereocenters. The molecular formula is C28H29ClO7. The van der Waals surface area contributed by atoms with Gasteiger partial charge in [0.05, 0.1) is 34.0 Å². The second-order valence-electron chi connectivity index (χ2n) is 7.52. The molecule has 0 saturated heterocycles. The predicted molar refractivity (Wildman–Crippen MR) is 140 cm³/mol. The molecule has 0 radical (unpaired) electrons. The van der Waals surface area contributed by atoms with Crippen LogP contribution < -0.4 is 23.7 Å². The smallest absolute Gasteiger partial charge is 0.338 e. The Morgan fingerprint density at radius 1 is 0.750 bits per heavy atom. The average Bonchev–Trinajstić information content (AvgIpc) is 2.93. The third-order valence-electron chi connectivity index (χ3n) is 5.23. The van der Waals surface area contributed by atoms with Crippen LogP contribution in [0.1, 0.15) is 27.0 Å². The van der Waals surface area contributed by atoms with Gasteiger partial charge < -0.3 is 28.4 Å². The van der Waals surface area contributed by atoms with Gasteiger partial charge in [0.15, 0.2) is 23.0 Å². The van der Waals surface area contributed by atoms with Gasteiger partial charge in [0.2, 0.25) is 5.75 Å². The van der Waals surface area contributed by atoms with Gasteiger partial charge in [-0.25, -0.2) is 4.79 Å². The molecule has 0 N–H and O–H groups in total. The van der Waals surface area contributed by atoms with E-state index >= 15 is 0 Å². The lowest BCUT2D eigenvalue weighted by Crippen LogP contribution is -2.13. The van der Waals surface area contributed by atoms with Crippen LogP contribution >= 0.6 is 11.6 Å². The van der Waals surface area contributed by atoms with Crippen molar-refractivity contribution in [3.05, 3.63) is 76.9 Å². The molecule has 190 valence electrons. The monoisotopic (exact) mass is 512 g/mol. The van der Waals surface area contributed by atoms with Crippen molar-refractivity contribution in [3.63, 3.8) is 0 Å². The number of ether oxygens (including phenoxy) is 6. The third kappa shape index (κ3) is 6.86. The van der Waals surface area contributed by atoms with Crippen LogP contribution in [0.25, 0.3) is 12.2 Å². The van der Waals surface area contributed by atoms with E-state index in [4.69, 9.17) is 40.0 Å². The summed E-state index contributed by atoms with van der Waals surface area (Å²) in [4.78, 5) is 12.3. The molecule has 0 atom stereocenters. The van der Waals surface area contributed by atoms with Gasteiger partial charge >= 0.3 is 5.97 Å². The van der Waals surface area contributed by atoms with E-state index in [0.717, 1.165) is 16.7 Å². The molecule has 3 aromatic carbocycles. The van der Waals surface area contributed by atoms with E-state index in [2.05, 4.69) is 0 Å². The van der Waals surface area contributed by atoms with E-state index in [-0.39, 0.29) is 13.2 Å². The summed E-state index contributed by atoms with van der Waals surface area (Å²) in [6.45, 7) is 0.246. The number of esters is 1. The van der Waals surface area contributed by atoms with Gasteiger partial charge in [-0.3, -0.25) is 0 Å². The zero-order chi connectivity index (χ0) is 25.9. The van der Waals surface area contributed by atoms with Crippen LogP contribution in [0, 0.1) is 0 Å². The lowest BCUT2D eigenvalue weighted by atomic mass is 10.1. The number of hydrogen-bond acceptors (Lipinski definition) is 7. The summed E-state index contributed by atoms with van der Waals surface area (Å²) in [5.41, 5.74) is 3.05. The molecule has 0 aromatic heterocycles. The number of alkyl halides is 1. The molecule has 0 bridgehead atoms. The van der Waals surface area contributed by atoms with Crippen molar-refractivity contribution in [3.8, 4) is 28.7 Å². The quantitative estimate of drug-likeness (QED) is 0.130. The van der Waals surface area contributed by atoms with Crippen LogP contribution in [-0.4, -0.2) is 47.6 Å². The molecule has 0 saturated carbocycles. The summed E-state index contributed by atoms with van der Waals surface area (Å²) in [6.07, 6.45) is 3.85. The summed E-state index contributed by atoms with van der Waals surface area (Å²) in [5.74, 6) is 2.67. The van der Waals surface area contributed by atoms with Crippen molar-refractivity contribution in [1.29, 1.82) is 0 Å². The Kier molecular flexibility index (Phi) is 9.89. The minimum Gasteiger partial charge on any atom is -0.493 e. The number of carbonyl (C=O) groups is 1. The molecule has 0 spiro atoms. The molecule has 0 fully saturated rings. The van der Waals surface area contributed by atoms with Crippen molar-refractivity contribution in [1.82, 2.24) is 0 Å². The highest BCUT2D eigenvalue weighted by Gasteiger charge is 2.12. The fourth-order valence-electron chi connectivity index (χ4n) is 3.45. The van der Waals surface area contributed by atoms with Gasteiger partial charge in [0, 0.05) is 5.88 Å². The Morgan fingerprint density at radius 3 is 2.06 bits per heavy atom. The van der Waals surface area contributed by atoms with Gasteiger partial charge in [-0.1, -0.05) is 30.4 Å². The van der Waals surface area contributed by atoms with Crippen LogP contribution in [-0.2, 0) is 10.6 Å². The summed E-state index contributed by atoms with van der Waals surface area (Å²) in [6, 6.07) is 16.3. The fourth-order valence-corrected chi connectivity index (χ4v) is 3.62. The van der Waals surface area contributed by atoms with Crippen LogP contribution in [0.15, 0.2) is 54.6 Å². The van der Waals surface area contributed by atoms with Crippen LogP contribution in [0.2, 0.25) is 0 Å². The van der Waals surface area contributed by atoms with Gasteiger partial charge in [-0.15, -0.1) is 11.6 Å². The largest absolute Gasteiger partial charge is 0.493 e. The molecule has 3 aromatic rings. The van der Waals surface area contributed by atoms with E-state index in [1.807, 2.05) is 48.6 Å². The minimum absolute atomic E-state index is 0.0819. The Labute approximate surface area is 216 Å². The molecule has 0 amide bonds. The molecule has 0 aliphatic carbocycles. The summed E-state index contributed by atoms with van der Waals surface area (Å²) in [5, 5.41) is 0. The molecule has 7 nitrogen and oxygen atoms in total. The topological polar surface area (TPSA) is 72.5 Å². The first-order valence-electron chi connectivity index (χ1n) is 11.1. The van der Waals surface area contributed by atoms with Crippen LogP contribution in [0.4, 0.5) is 0 Å². The van der Waals surface area contributed by atoms with E-state index in [0.29, 0.717) is 40.2 Å². The Hall–Kier alpha value is -3.84. The standard InChI is InChI=1S/C28H29ClO7/c1-31-23-11-10-19(8-9-20-16-25(32-2)27(34-4)26(17-20)33-3)15-24(23)35-12-13-36-28(30)22-7-5-6-21(14-22)18-29/h5-11,14-17H,12-13,18H2,1-4H3/b9-8-. The zero-order valence-corrected chi connectivity index (χ0v) is 21.5. The summed E-state index contributed by atoms with van der Waals surface area (Å²) >= 11 is 5.83. The lowest BCUT2D eigenvalue weighted by Gasteiger charge is -2.13. The zero-order valence-electron chi connectivity index (χ0n) is 20.7. The first-order valence-corrected chi connectivity index (χ1v) is 11.7. The Morgan fingerprint density at radius 2 is 1.42 bits per heavy atom. The first-order chi connectivity index (χ1) is 17.5. The normalized spacial score (nSPS) is 10.7. The lowest BCUT2D eigenvalue weighted by molar-refractivity contribution is 0.0449. The number of hydrogen-bond donors (Lipinski definition) is 0. The SMILES string of the molecule is COc1ccc(/C=C\c2cc(OC)c(OC)c(OC)c2)cc1OCCOC(=O)c1cccc(CCl)c1. The van der Waals surface area contributed by atoms with Crippen molar-refractivity contribution >= 4 is 29.7 Å². The van der Waals surface area contributed by atoms with E-state index in [1.165, 1.54) is 0 Å². The highest BCUT2D eigenvalue weighted by atomic mass is 35.5. The molecule has 3 rings (SSSR count). The second-order valence-corrected chi connectivity index (χ2v) is 7.79. The van der Waals surface area contributed by atoms with Crippen molar-refractivity contribution in [2.75, 3.05) is 41.7 Å². The van der Waals surface area contributed by atoms with Crippen molar-refractivity contribution in [2.24, 2.45) is 0 Å². The number of methoxy groups -OCH3 is 4. The van der Waals surface area contributed by atoms with E-state index in [1.54, 1.807) is 46.6 Å². The van der Waals surface area contributed by atoms with Gasteiger partial charge in [-0.05, 0) is 53.1 Å². The van der Waals surface area contributed by atoms with Crippen LogP contribution in [0.5, 0.6) is 28.7 Å². The third-order valence-corrected chi connectivity index (χ3v) is 5.54. The van der Waals surface area contributed by atoms with E-state index < -0.39 is 5.97 Å². The maximum Gasteiger partial charge on any atom is 0.338 e. The molecule has 0 heterocycles. The highest BCUT2D eigenvalue weighted by Crippen LogP contribution is 2.38. The second kappa shape index (κ2) is 13.3. The average molecular weight is 513 g/mol. The van der Waals surface area contributed by atoms with Crippen molar-refractivity contribution < 1.29 is 33.2 Å². The molecule has 0 aliphatic rings. The number of halogens is 1. The number of rotatable bonds is 12. The predicted octanol–water partition coefficient (Wildman–Crippen LogP) is 5.87. The maximum atomic E-state index is 12.3. The summed E-state index contributed by atoms with van der Waals surface area (Å²) < 4.78 is 32.8. The van der Waals surface area contributed by atoms with Gasteiger partial charge in [-0.2, -0.15) is 0 Å². The van der Waals surface area contributed by atoms with Gasteiger partial charge in [0.1, 0.15) is 13.2 Å². The fraction of sp³-hybridized carbons (Fsp3) is 0.250. The van der Waals surface area contributed by atoms with E-state index in [9.17, 15) is 4.79 Å². The molecule has 36 heavy (non-hydrogen) atoms. The first kappa shape index (κ1) is 26.8. The van der Waals surface area contributed by atoms with Crippen molar-refractivity contribution in [2.45, 2.75) is 5.88 Å². The number of benzene rings is 3. The Balaban J connectivity index is 1.66. The summed E-state index contributed by atoms with van der Waals surface area (Å²) in [7, 11) is 6.28. The van der Waals surface area contributed by atoms with Crippen LogP contribution in [0.3, 0.4) is 0 Å². The number of carbonyl (C=O) groups excluding carboxylic acids is 1. The molecule has 0 aliphatic heterocycles. The maximum absolute atomic E-state index is 12.3. The minimum atomic E-state index is -0.431. The Bertz CT molecular complexity index is 1180. The molecular weight excluding hydrogens is 484 g/mol. The molecule has 8 heteroatoms. The van der Waals surface area contributed by atoms with Gasteiger partial charge in [0.25, 0.3) is 0 Å². The highest BCUT2D eigenvalue weighted by molar-refractivity contribution is 6.17.